The van der Waals surface area contributed by atoms with Crippen LogP contribution in [-0.4, -0.2) is 38.4 Å². The van der Waals surface area contributed by atoms with E-state index in [4.69, 9.17) is 14.2 Å². The molecule has 0 saturated carbocycles. The zero-order valence-corrected chi connectivity index (χ0v) is 19.9. The van der Waals surface area contributed by atoms with Gasteiger partial charge in [0.15, 0.2) is 0 Å². The van der Waals surface area contributed by atoms with Crippen molar-refractivity contribution in [2.75, 3.05) is 26.4 Å². The molecule has 0 aromatic rings. The van der Waals surface area contributed by atoms with Gasteiger partial charge in [0.2, 0.25) is 0 Å². The molecule has 0 aliphatic heterocycles. The Morgan fingerprint density at radius 2 is 0.767 bits per heavy atom. The Balaban J connectivity index is 3.30. The third-order valence-corrected chi connectivity index (χ3v) is 5.21. The zero-order valence-electron chi connectivity index (χ0n) is 19.9. The molecule has 0 spiro atoms. The van der Waals surface area contributed by atoms with E-state index in [9.17, 15) is 9.59 Å². The van der Waals surface area contributed by atoms with Gasteiger partial charge in [0.1, 0.15) is 13.2 Å². The topological polar surface area (TPSA) is 61.8 Å². The Labute approximate surface area is 185 Å². The Bertz CT molecular complexity index is 384. The summed E-state index contributed by atoms with van der Waals surface area (Å²) in [5, 5.41) is 0. The van der Waals surface area contributed by atoms with Crippen molar-refractivity contribution >= 4 is 11.9 Å². The molecule has 0 rings (SSSR count). The molecule has 0 heterocycles. The monoisotopic (exact) mass is 428 g/mol. The number of carbonyl (C=O) groups is 2. The average molecular weight is 429 g/mol. The van der Waals surface area contributed by atoms with E-state index in [1.807, 2.05) is 0 Å². The molecule has 0 unspecified atom stereocenters. The largest absolute Gasteiger partial charge is 0.464 e. The van der Waals surface area contributed by atoms with E-state index in [-0.39, 0.29) is 13.2 Å². The van der Waals surface area contributed by atoms with Gasteiger partial charge in [-0.25, -0.2) is 9.59 Å². The summed E-state index contributed by atoms with van der Waals surface area (Å²) >= 11 is 0. The molecule has 0 bridgehead atoms. The molecule has 0 aliphatic carbocycles. The summed E-state index contributed by atoms with van der Waals surface area (Å²) in [7, 11) is 0. The molecule has 178 valence electrons. The van der Waals surface area contributed by atoms with Gasteiger partial charge in [0.25, 0.3) is 0 Å². The number of hydrogen-bond donors (Lipinski definition) is 0. The van der Waals surface area contributed by atoms with Crippen molar-refractivity contribution in [1.29, 1.82) is 0 Å². The van der Waals surface area contributed by atoms with Crippen molar-refractivity contribution in [3.63, 3.8) is 0 Å². The van der Waals surface area contributed by atoms with Crippen LogP contribution in [0.1, 0.15) is 123 Å². The SMILES string of the molecule is CCCCCCCCCCCOC(=O)COCC(=O)OCCCCCCCCCC. The lowest BCUT2D eigenvalue weighted by molar-refractivity contribution is -0.155. The summed E-state index contributed by atoms with van der Waals surface area (Å²) in [4.78, 5) is 23.2. The van der Waals surface area contributed by atoms with E-state index in [1.165, 1.54) is 83.5 Å². The van der Waals surface area contributed by atoms with Gasteiger partial charge in [-0.3, -0.25) is 0 Å². The first-order chi connectivity index (χ1) is 14.7. The van der Waals surface area contributed by atoms with Crippen molar-refractivity contribution in [1.82, 2.24) is 0 Å². The highest BCUT2D eigenvalue weighted by Gasteiger charge is 2.07. The van der Waals surface area contributed by atoms with Gasteiger partial charge in [-0.1, -0.05) is 110 Å². The molecule has 0 aliphatic rings. The molecule has 5 nitrogen and oxygen atoms in total. The second kappa shape index (κ2) is 24.2. The number of hydrogen-bond acceptors (Lipinski definition) is 5. The van der Waals surface area contributed by atoms with Gasteiger partial charge in [-0.15, -0.1) is 0 Å². The maximum atomic E-state index is 11.6. The van der Waals surface area contributed by atoms with E-state index >= 15 is 0 Å². The lowest BCUT2D eigenvalue weighted by atomic mass is 10.1. The molecule has 0 fully saturated rings. The van der Waals surface area contributed by atoms with Crippen molar-refractivity contribution in [2.24, 2.45) is 0 Å². The highest BCUT2D eigenvalue weighted by atomic mass is 16.6. The van der Waals surface area contributed by atoms with Gasteiger partial charge in [0, 0.05) is 0 Å². The second-order valence-corrected chi connectivity index (χ2v) is 8.24. The van der Waals surface area contributed by atoms with Crippen LogP contribution in [0.2, 0.25) is 0 Å². The average Bonchev–Trinajstić information content (AvgIpc) is 2.74. The summed E-state index contributed by atoms with van der Waals surface area (Å²) in [6.07, 6.45) is 20.7. The van der Waals surface area contributed by atoms with Crippen LogP contribution < -0.4 is 0 Å². The number of esters is 2. The minimum atomic E-state index is -0.412. The van der Waals surface area contributed by atoms with Crippen LogP contribution in [0.5, 0.6) is 0 Å². The molecule has 5 heteroatoms. The van der Waals surface area contributed by atoms with Crippen molar-refractivity contribution in [2.45, 2.75) is 123 Å². The van der Waals surface area contributed by atoms with Crippen LogP contribution in [0.15, 0.2) is 0 Å². The first kappa shape index (κ1) is 28.9. The summed E-state index contributed by atoms with van der Waals surface area (Å²) in [6.45, 7) is 4.94. The fourth-order valence-electron chi connectivity index (χ4n) is 3.32. The summed E-state index contributed by atoms with van der Waals surface area (Å²) < 4.78 is 15.3. The number of rotatable bonds is 23. The van der Waals surface area contributed by atoms with Gasteiger partial charge in [-0.05, 0) is 12.8 Å². The first-order valence-corrected chi connectivity index (χ1v) is 12.6. The first-order valence-electron chi connectivity index (χ1n) is 12.6. The van der Waals surface area contributed by atoms with Crippen LogP contribution in [0.4, 0.5) is 0 Å². The zero-order chi connectivity index (χ0) is 22.1. The van der Waals surface area contributed by atoms with E-state index in [0.29, 0.717) is 13.2 Å². The van der Waals surface area contributed by atoms with E-state index < -0.39 is 11.9 Å². The molecule has 0 atom stereocenters. The highest BCUT2D eigenvalue weighted by molar-refractivity contribution is 5.73. The Morgan fingerprint density at radius 1 is 0.467 bits per heavy atom. The van der Waals surface area contributed by atoms with Gasteiger partial charge < -0.3 is 14.2 Å². The molecule has 0 N–H and O–H groups in total. The Hall–Kier alpha value is -1.10. The second-order valence-electron chi connectivity index (χ2n) is 8.24. The minimum Gasteiger partial charge on any atom is -0.464 e. The van der Waals surface area contributed by atoms with Crippen molar-refractivity contribution < 1.29 is 23.8 Å². The normalized spacial score (nSPS) is 10.9. The van der Waals surface area contributed by atoms with Crippen LogP contribution >= 0.6 is 0 Å². The predicted molar refractivity (Wildman–Crippen MR) is 123 cm³/mol. The quantitative estimate of drug-likeness (QED) is 0.133. The smallest absolute Gasteiger partial charge is 0.332 e. The van der Waals surface area contributed by atoms with Crippen LogP contribution in [0.25, 0.3) is 0 Å². The fourth-order valence-corrected chi connectivity index (χ4v) is 3.32. The lowest BCUT2D eigenvalue weighted by Gasteiger charge is -2.07. The molecule has 30 heavy (non-hydrogen) atoms. The maximum absolute atomic E-state index is 11.6. The highest BCUT2D eigenvalue weighted by Crippen LogP contribution is 2.10. The summed E-state index contributed by atoms with van der Waals surface area (Å²) in [6, 6.07) is 0. The van der Waals surface area contributed by atoms with Crippen molar-refractivity contribution in [3.05, 3.63) is 0 Å². The van der Waals surface area contributed by atoms with Gasteiger partial charge in [-0.2, -0.15) is 0 Å². The standard InChI is InChI=1S/C25H48O5/c1-3-5-7-9-11-13-15-17-19-21-30-25(27)23-28-22-24(26)29-20-18-16-14-12-10-8-6-4-2/h3-23H2,1-2H3. The summed E-state index contributed by atoms with van der Waals surface area (Å²) in [5.74, 6) is -0.824. The molecule has 0 radical (unpaired) electrons. The maximum Gasteiger partial charge on any atom is 0.332 e. The number of carbonyl (C=O) groups excluding carboxylic acids is 2. The number of ether oxygens (including phenoxy) is 3. The molecule has 0 aromatic carbocycles. The summed E-state index contributed by atoms with van der Waals surface area (Å²) in [5.41, 5.74) is 0. The molecule has 0 saturated heterocycles. The molecular weight excluding hydrogens is 380 g/mol. The van der Waals surface area contributed by atoms with E-state index in [1.54, 1.807) is 0 Å². The molecule has 0 amide bonds. The predicted octanol–water partition coefficient (Wildman–Crippen LogP) is 6.76. The minimum absolute atomic E-state index is 0.190. The van der Waals surface area contributed by atoms with Crippen LogP contribution in [0, 0.1) is 0 Å². The van der Waals surface area contributed by atoms with E-state index in [2.05, 4.69) is 13.8 Å². The third-order valence-electron chi connectivity index (χ3n) is 5.21. The van der Waals surface area contributed by atoms with Crippen LogP contribution in [-0.2, 0) is 23.8 Å². The fraction of sp³-hybridized carbons (Fsp3) is 0.920. The molecule has 0 aromatic heterocycles. The van der Waals surface area contributed by atoms with Crippen LogP contribution in [0.3, 0.4) is 0 Å². The van der Waals surface area contributed by atoms with Gasteiger partial charge in [0.05, 0.1) is 13.2 Å². The molecular formula is C25H48O5. The van der Waals surface area contributed by atoms with Gasteiger partial charge >= 0.3 is 11.9 Å². The van der Waals surface area contributed by atoms with E-state index in [0.717, 1.165) is 25.7 Å². The Kier molecular flexibility index (Phi) is 23.3. The van der Waals surface area contributed by atoms with Crippen molar-refractivity contribution in [3.8, 4) is 0 Å². The lowest BCUT2D eigenvalue weighted by Crippen LogP contribution is -2.19. The Morgan fingerprint density at radius 3 is 1.10 bits per heavy atom. The third kappa shape index (κ3) is 23.2. The number of unbranched alkanes of at least 4 members (excludes halogenated alkanes) is 15.